The van der Waals surface area contributed by atoms with Gasteiger partial charge < -0.3 is 10.2 Å². The molecule has 1 saturated heterocycles. The number of carboxylic acid groups (broad SMARTS) is 2. The number of rotatable bonds is 5. The van der Waals surface area contributed by atoms with Gasteiger partial charge in [-0.15, -0.1) is 0 Å². The predicted octanol–water partition coefficient (Wildman–Crippen LogP) is 2.58. The molecule has 1 amide bonds. The van der Waals surface area contributed by atoms with Crippen molar-refractivity contribution < 1.29 is 24.6 Å². The monoisotopic (exact) mass is 415 g/mol. The molecule has 1 heterocycles. The Balaban J connectivity index is 2.32. The van der Waals surface area contributed by atoms with Crippen LogP contribution in [0.1, 0.15) is 12.0 Å². The molecule has 9 heteroatoms. The van der Waals surface area contributed by atoms with Gasteiger partial charge in [0, 0.05) is 4.47 Å². The summed E-state index contributed by atoms with van der Waals surface area (Å²) in [6.07, 6.45) is 0.871. The van der Waals surface area contributed by atoms with E-state index in [1.807, 2.05) is 6.07 Å². The van der Waals surface area contributed by atoms with E-state index in [0.717, 1.165) is 26.7 Å². The van der Waals surface area contributed by atoms with Crippen molar-refractivity contribution in [1.29, 1.82) is 0 Å². The molecule has 0 aliphatic carbocycles. The van der Waals surface area contributed by atoms with E-state index in [1.165, 1.54) is 0 Å². The first kappa shape index (κ1) is 17.6. The number of aliphatic carboxylic acids is 2. The molecule has 1 fully saturated rings. The van der Waals surface area contributed by atoms with Crippen molar-refractivity contribution in [3.8, 4) is 0 Å². The van der Waals surface area contributed by atoms with Gasteiger partial charge >= 0.3 is 11.9 Å². The van der Waals surface area contributed by atoms with E-state index < -0.39 is 30.3 Å². The van der Waals surface area contributed by atoms with Gasteiger partial charge in [0.15, 0.2) is 0 Å². The summed E-state index contributed by atoms with van der Waals surface area (Å²) < 4.78 is 0.862. The van der Waals surface area contributed by atoms with Crippen molar-refractivity contribution in [3.63, 3.8) is 0 Å². The lowest BCUT2D eigenvalue weighted by Gasteiger charge is -2.21. The lowest BCUT2D eigenvalue weighted by Crippen LogP contribution is -2.45. The summed E-state index contributed by atoms with van der Waals surface area (Å²) in [5.74, 6) is -3.33. The van der Waals surface area contributed by atoms with Gasteiger partial charge in [0.05, 0.1) is 11.3 Å². The van der Waals surface area contributed by atoms with Crippen molar-refractivity contribution in [2.75, 3.05) is 0 Å². The molecule has 1 atom stereocenters. The molecule has 0 unspecified atom stereocenters. The molecule has 0 saturated carbocycles. The number of hydrogen-bond donors (Lipinski definition) is 2. The molecule has 1 aliphatic heterocycles. The first-order valence-electron chi connectivity index (χ1n) is 6.27. The summed E-state index contributed by atoms with van der Waals surface area (Å²) in [6.45, 7) is 0. The first-order valence-corrected chi connectivity index (χ1v) is 8.28. The average molecular weight is 416 g/mol. The SMILES string of the molecule is O=C(O)C[C@H](C(=O)O)N1C(=O)/C(=C/c2cccc(Br)c2)SC1=S. The van der Waals surface area contributed by atoms with Crippen LogP contribution in [0.5, 0.6) is 0 Å². The lowest BCUT2D eigenvalue weighted by atomic mass is 10.1. The lowest BCUT2D eigenvalue weighted by molar-refractivity contribution is -0.150. The summed E-state index contributed by atoms with van der Waals surface area (Å²) >= 11 is 9.32. The molecule has 1 aliphatic rings. The Bertz CT molecular complexity index is 734. The summed E-state index contributed by atoms with van der Waals surface area (Å²) in [5, 5.41) is 18.0. The maximum absolute atomic E-state index is 12.4. The van der Waals surface area contributed by atoms with Crippen LogP contribution in [0.3, 0.4) is 0 Å². The van der Waals surface area contributed by atoms with Gasteiger partial charge in [0.25, 0.3) is 5.91 Å². The van der Waals surface area contributed by atoms with Gasteiger partial charge in [-0.05, 0) is 23.8 Å². The average Bonchev–Trinajstić information content (AvgIpc) is 2.71. The van der Waals surface area contributed by atoms with Crippen LogP contribution in [0.4, 0.5) is 0 Å². The van der Waals surface area contributed by atoms with Crippen molar-refractivity contribution in [3.05, 3.63) is 39.2 Å². The van der Waals surface area contributed by atoms with E-state index >= 15 is 0 Å². The van der Waals surface area contributed by atoms with Gasteiger partial charge in [0.2, 0.25) is 0 Å². The number of amides is 1. The number of halogens is 1. The normalized spacial score (nSPS) is 17.6. The minimum Gasteiger partial charge on any atom is -0.481 e. The van der Waals surface area contributed by atoms with Gasteiger partial charge in [-0.3, -0.25) is 14.5 Å². The molecule has 0 radical (unpaired) electrons. The second-order valence-electron chi connectivity index (χ2n) is 4.56. The second-order valence-corrected chi connectivity index (χ2v) is 7.15. The van der Waals surface area contributed by atoms with E-state index in [9.17, 15) is 19.5 Å². The molecule has 0 spiro atoms. The smallest absolute Gasteiger partial charge is 0.327 e. The van der Waals surface area contributed by atoms with E-state index in [1.54, 1.807) is 24.3 Å². The van der Waals surface area contributed by atoms with E-state index in [0.29, 0.717) is 0 Å². The van der Waals surface area contributed by atoms with E-state index in [2.05, 4.69) is 15.9 Å². The number of benzene rings is 1. The van der Waals surface area contributed by atoms with E-state index in [4.69, 9.17) is 17.3 Å². The Kier molecular flexibility index (Phi) is 5.55. The number of carbonyl (C=O) groups is 3. The molecule has 120 valence electrons. The van der Waals surface area contributed by atoms with Gasteiger partial charge in [-0.2, -0.15) is 0 Å². The fourth-order valence-corrected chi connectivity index (χ4v) is 3.72. The molecule has 2 N–H and O–H groups in total. The Hall–Kier alpha value is -1.71. The van der Waals surface area contributed by atoms with Crippen LogP contribution < -0.4 is 0 Å². The zero-order valence-corrected chi connectivity index (χ0v) is 14.7. The zero-order valence-electron chi connectivity index (χ0n) is 11.4. The Labute approximate surface area is 149 Å². The van der Waals surface area contributed by atoms with E-state index in [-0.39, 0.29) is 9.23 Å². The Morgan fingerprint density at radius 1 is 1.39 bits per heavy atom. The molecule has 0 aromatic heterocycles. The van der Waals surface area contributed by atoms with Crippen molar-refractivity contribution in [2.45, 2.75) is 12.5 Å². The van der Waals surface area contributed by atoms with Crippen LogP contribution in [0.15, 0.2) is 33.6 Å². The molecule has 6 nitrogen and oxygen atoms in total. The Morgan fingerprint density at radius 2 is 2.09 bits per heavy atom. The minimum atomic E-state index is -1.52. The predicted molar refractivity (Wildman–Crippen MR) is 92.8 cm³/mol. The quantitative estimate of drug-likeness (QED) is 0.563. The molecule has 2 rings (SSSR count). The second kappa shape index (κ2) is 7.24. The first-order chi connectivity index (χ1) is 10.8. The third-order valence-electron chi connectivity index (χ3n) is 2.93. The molecule has 0 bridgehead atoms. The highest BCUT2D eigenvalue weighted by Gasteiger charge is 2.41. The van der Waals surface area contributed by atoms with Gasteiger partial charge in [0.1, 0.15) is 10.4 Å². The standard InChI is InChI=1S/C14H10BrNO5S2/c15-8-3-1-2-7(4-8)5-10-12(19)16(14(22)23-10)9(13(20)21)6-11(17)18/h1-5,9H,6H2,(H,17,18)(H,20,21)/b10-5-/t9-/m1/s1. The largest absolute Gasteiger partial charge is 0.481 e. The minimum absolute atomic E-state index is 0.0323. The summed E-state index contributed by atoms with van der Waals surface area (Å²) in [6, 6.07) is 5.67. The Morgan fingerprint density at radius 3 is 2.65 bits per heavy atom. The van der Waals surface area contributed by atoms with Crippen molar-refractivity contribution >= 4 is 68.2 Å². The third-order valence-corrected chi connectivity index (χ3v) is 4.76. The number of carboxylic acids is 2. The summed E-state index contributed by atoms with van der Waals surface area (Å²) in [5.41, 5.74) is 0.741. The maximum Gasteiger partial charge on any atom is 0.327 e. The van der Waals surface area contributed by atoms with Gasteiger partial charge in [-0.1, -0.05) is 52.0 Å². The number of nitrogens with zero attached hydrogens (tertiary/aromatic N) is 1. The number of hydrogen-bond acceptors (Lipinski definition) is 5. The summed E-state index contributed by atoms with van der Waals surface area (Å²) in [4.78, 5) is 35.6. The van der Waals surface area contributed by atoms with Crippen molar-refractivity contribution in [2.24, 2.45) is 0 Å². The fraction of sp³-hybridized carbons (Fsp3) is 0.143. The fourth-order valence-electron chi connectivity index (χ4n) is 1.95. The highest BCUT2D eigenvalue weighted by molar-refractivity contribution is 9.10. The van der Waals surface area contributed by atoms with Crippen LogP contribution in [0.2, 0.25) is 0 Å². The van der Waals surface area contributed by atoms with Crippen LogP contribution >= 0.6 is 39.9 Å². The third kappa shape index (κ3) is 4.18. The molecule has 1 aromatic rings. The zero-order chi connectivity index (χ0) is 17.1. The summed E-state index contributed by atoms with van der Waals surface area (Å²) in [7, 11) is 0. The molecular weight excluding hydrogens is 406 g/mol. The molecule has 1 aromatic carbocycles. The van der Waals surface area contributed by atoms with Crippen LogP contribution in [0, 0.1) is 0 Å². The van der Waals surface area contributed by atoms with Crippen LogP contribution in [-0.4, -0.2) is 43.3 Å². The van der Waals surface area contributed by atoms with Crippen LogP contribution in [-0.2, 0) is 14.4 Å². The van der Waals surface area contributed by atoms with Crippen LogP contribution in [0.25, 0.3) is 6.08 Å². The van der Waals surface area contributed by atoms with Crippen molar-refractivity contribution in [1.82, 2.24) is 4.90 Å². The highest BCUT2D eigenvalue weighted by Crippen LogP contribution is 2.34. The van der Waals surface area contributed by atoms with Gasteiger partial charge in [-0.25, -0.2) is 4.79 Å². The number of carbonyl (C=O) groups excluding carboxylic acids is 1. The molecular formula is C14H10BrNO5S2. The highest BCUT2D eigenvalue weighted by atomic mass is 79.9. The number of thiocarbonyl (C=S) groups is 1. The topological polar surface area (TPSA) is 94.9 Å². The maximum atomic E-state index is 12.4. The number of thioether (sulfide) groups is 1. The molecule has 23 heavy (non-hydrogen) atoms.